The van der Waals surface area contributed by atoms with E-state index in [4.69, 9.17) is 16.3 Å². The van der Waals surface area contributed by atoms with E-state index in [0.29, 0.717) is 22.8 Å². The molecule has 2 amide bonds. The fourth-order valence-electron chi connectivity index (χ4n) is 3.57. The summed E-state index contributed by atoms with van der Waals surface area (Å²) in [5.41, 5.74) is 0.773. The minimum Gasteiger partial charge on any atom is -0.465 e. The van der Waals surface area contributed by atoms with Gasteiger partial charge in [-0.3, -0.25) is 4.90 Å². The van der Waals surface area contributed by atoms with E-state index in [1.54, 1.807) is 17.0 Å². The van der Waals surface area contributed by atoms with Crippen LogP contribution >= 0.6 is 11.6 Å². The highest BCUT2D eigenvalue weighted by molar-refractivity contribution is 6.33. The Morgan fingerprint density at radius 2 is 2.04 bits per heavy atom. The standard InChI is InChI=1S/C18H24ClN3O3/c1-12-5-3-4-8-22(12)14-10-21(11-14)18(24)20-13-6-7-16(19)15(9-13)17(23)25-2/h6-7,9,12,14H,3-5,8,10-11H2,1-2H3,(H,20,24). The number of carbonyl (C=O) groups excluding carboxylic acids is 2. The van der Waals surface area contributed by atoms with Gasteiger partial charge in [0, 0.05) is 30.9 Å². The lowest BCUT2D eigenvalue weighted by Crippen LogP contribution is -2.64. The number of urea groups is 1. The smallest absolute Gasteiger partial charge is 0.339 e. The molecule has 0 bridgehead atoms. The third-order valence-corrected chi connectivity index (χ3v) is 5.43. The summed E-state index contributed by atoms with van der Waals surface area (Å²) in [7, 11) is 1.30. The highest BCUT2D eigenvalue weighted by Gasteiger charge is 2.37. The second-order valence-electron chi connectivity index (χ2n) is 6.76. The molecule has 2 fully saturated rings. The number of likely N-dealkylation sites (tertiary alicyclic amines) is 2. The second kappa shape index (κ2) is 7.62. The van der Waals surface area contributed by atoms with Crippen molar-refractivity contribution in [2.45, 2.75) is 38.3 Å². The number of benzene rings is 1. The maximum Gasteiger partial charge on any atom is 0.339 e. The first-order valence-corrected chi connectivity index (χ1v) is 9.07. The number of anilines is 1. The van der Waals surface area contributed by atoms with Crippen LogP contribution < -0.4 is 5.32 Å². The lowest BCUT2D eigenvalue weighted by atomic mass is 9.98. The van der Waals surface area contributed by atoms with Gasteiger partial charge in [-0.2, -0.15) is 0 Å². The number of ether oxygens (including phenoxy) is 1. The highest BCUT2D eigenvalue weighted by atomic mass is 35.5. The number of carbonyl (C=O) groups is 2. The van der Waals surface area contributed by atoms with Gasteiger partial charge in [0.25, 0.3) is 0 Å². The average Bonchev–Trinajstić information content (AvgIpc) is 2.56. The quantitative estimate of drug-likeness (QED) is 0.835. The van der Waals surface area contributed by atoms with Crippen LogP contribution in [0.4, 0.5) is 10.5 Å². The van der Waals surface area contributed by atoms with Crippen LogP contribution in [0.2, 0.25) is 5.02 Å². The van der Waals surface area contributed by atoms with E-state index in [9.17, 15) is 9.59 Å². The van der Waals surface area contributed by atoms with Gasteiger partial charge in [-0.15, -0.1) is 0 Å². The Bertz CT molecular complexity index is 661. The van der Waals surface area contributed by atoms with Crippen molar-refractivity contribution < 1.29 is 14.3 Å². The number of nitrogens with zero attached hydrogens (tertiary/aromatic N) is 2. The van der Waals surface area contributed by atoms with Crippen LogP contribution in [-0.2, 0) is 4.74 Å². The van der Waals surface area contributed by atoms with Gasteiger partial charge in [-0.25, -0.2) is 9.59 Å². The summed E-state index contributed by atoms with van der Waals surface area (Å²) in [5, 5.41) is 3.13. The number of halogens is 1. The molecule has 136 valence electrons. The molecule has 6 nitrogen and oxygen atoms in total. The van der Waals surface area contributed by atoms with Crippen molar-refractivity contribution >= 4 is 29.3 Å². The highest BCUT2D eigenvalue weighted by Crippen LogP contribution is 2.26. The summed E-state index contributed by atoms with van der Waals surface area (Å²) in [6.45, 7) is 4.88. The van der Waals surface area contributed by atoms with Crippen molar-refractivity contribution in [2.75, 3.05) is 32.1 Å². The minimum absolute atomic E-state index is 0.154. The summed E-state index contributed by atoms with van der Waals surface area (Å²) < 4.78 is 4.70. The van der Waals surface area contributed by atoms with E-state index in [2.05, 4.69) is 17.1 Å². The van der Waals surface area contributed by atoms with Crippen LogP contribution in [0.5, 0.6) is 0 Å². The molecule has 1 atom stereocenters. The van der Waals surface area contributed by atoms with Gasteiger partial charge in [0.2, 0.25) is 0 Å². The molecular weight excluding hydrogens is 342 g/mol. The molecule has 2 aliphatic rings. The molecule has 7 heteroatoms. The Hall–Kier alpha value is -1.79. The van der Waals surface area contributed by atoms with E-state index >= 15 is 0 Å². The minimum atomic E-state index is -0.524. The van der Waals surface area contributed by atoms with E-state index in [1.807, 2.05) is 0 Å². The first kappa shape index (κ1) is 18.0. The molecule has 25 heavy (non-hydrogen) atoms. The number of piperidine rings is 1. The van der Waals surface area contributed by atoms with Crippen LogP contribution in [0.3, 0.4) is 0 Å². The molecule has 1 unspecified atom stereocenters. The van der Waals surface area contributed by atoms with Crippen LogP contribution in [0.25, 0.3) is 0 Å². The molecule has 2 heterocycles. The first-order chi connectivity index (χ1) is 12.0. The topological polar surface area (TPSA) is 61.9 Å². The molecule has 2 aliphatic heterocycles. The third kappa shape index (κ3) is 3.90. The summed E-state index contributed by atoms with van der Waals surface area (Å²) in [4.78, 5) is 28.4. The second-order valence-corrected chi connectivity index (χ2v) is 7.16. The van der Waals surface area contributed by atoms with E-state index in [-0.39, 0.29) is 11.6 Å². The SMILES string of the molecule is COC(=O)c1cc(NC(=O)N2CC(N3CCCCC3C)C2)ccc1Cl. The van der Waals surface area contributed by atoms with Crippen molar-refractivity contribution in [3.8, 4) is 0 Å². The largest absolute Gasteiger partial charge is 0.465 e. The Labute approximate surface area is 153 Å². The maximum atomic E-state index is 12.4. The lowest BCUT2D eigenvalue weighted by Gasteiger charge is -2.49. The number of hydrogen-bond acceptors (Lipinski definition) is 4. The van der Waals surface area contributed by atoms with Crippen molar-refractivity contribution in [1.29, 1.82) is 0 Å². The summed E-state index contributed by atoms with van der Waals surface area (Å²) in [6, 6.07) is 5.70. The first-order valence-electron chi connectivity index (χ1n) is 8.69. The molecule has 0 aromatic heterocycles. The van der Waals surface area contributed by atoms with Gasteiger partial charge < -0.3 is 15.0 Å². The zero-order valence-corrected chi connectivity index (χ0v) is 15.4. The number of rotatable bonds is 3. The molecule has 2 saturated heterocycles. The third-order valence-electron chi connectivity index (χ3n) is 5.10. The molecule has 0 radical (unpaired) electrons. The van der Waals surface area contributed by atoms with Gasteiger partial charge >= 0.3 is 12.0 Å². The molecule has 3 rings (SSSR count). The Balaban J connectivity index is 1.56. The van der Waals surface area contributed by atoms with Crippen molar-refractivity contribution in [2.24, 2.45) is 0 Å². The molecule has 1 aromatic rings. The molecular formula is C18H24ClN3O3. The van der Waals surface area contributed by atoms with E-state index in [0.717, 1.165) is 19.6 Å². The Morgan fingerprint density at radius 3 is 2.72 bits per heavy atom. The average molecular weight is 366 g/mol. The Morgan fingerprint density at radius 1 is 1.28 bits per heavy atom. The van der Waals surface area contributed by atoms with Crippen molar-refractivity contribution in [1.82, 2.24) is 9.80 Å². The van der Waals surface area contributed by atoms with Crippen LogP contribution in [-0.4, -0.2) is 60.6 Å². The van der Waals surface area contributed by atoms with E-state index in [1.165, 1.54) is 32.4 Å². The summed E-state index contributed by atoms with van der Waals surface area (Å²) in [5.74, 6) is -0.524. The zero-order valence-electron chi connectivity index (χ0n) is 14.6. The fourth-order valence-corrected chi connectivity index (χ4v) is 3.76. The molecule has 1 N–H and O–H groups in total. The van der Waals surface area contributed by atoms with Gasteiger partial charge in [-0.05, 0) is 44.5 Å². The predicted octanol–water partition coefficient (Wildman–Crippen LogP) is 3.22. The van der Waals surface area contributed by atoms with Gasteiger partial charge in [0.15, 0.2) is 0 Å². The van der Waals surface area contributed by atoms with Crippen molar-refractivity contribution in [3.63, 3.8) is 0 Å². The van der Waals surface area contributed by atoms with E-state index < -0.39 is 5.97 Å². The van der Waals surface area contributed by atoms with Crippen LogP contribution in [0, 0.1) is 0 Å². The molecule has 0 aliphatic carbocycles. The Kier molecular flexibility index (Phi) is 5.49. The predicted molar refractivity (Wildman–Crippen MR) is 97.2 cm³/mol. The summed E-state index contributed by atoms with van der Waals surface area (Å²) >= 11 is 6.00. The molecule has 1 aromatic carbocycles. The van der Waals surface area contributed by atoms with Crippen molar-refractivity contribution in [3.05, 3.63) is 28.8 Å². The fraction of sp³-hybridized carbons (Fsp3) is 0.556. The van der Waals surface area contributed by atoms with Gasteiger partial charge in [0.05, 0.1) is 17.7 Å². The van der Waals surface area contributed by atoms with Crippen LogP contribution in [0.1, 0.15) is 36.5 Å². The molecule has 0 saturated carbocycles. The van der Waals surface area contributed by atoms with Crippen LogP contribution in [0.15, 0.2) is 18.2 Å². The maximum absolute atomic E-state index is 12.4. The number of hydrogen-bond donors (Lipinski definition) is 1. The normalized spacial score (nSPS) is 21.6. The number of esters is 1. The number of nitrogens with one attached hydrogen (secondary N) is 1. The number of methoxy groups -OCH3 is 1. The molecule has 0 spiro atoms. The monoisotopic (exact) mass is 365 g/mol. The number of amides is 2. The zero-order chi connectivity index (χ0) is 18.0. The van der Waals surface area contributed by atoms with Gasteiger partial charge in [0.1, 0.15) is 0 Å². The lowest BCUT2D eigenvalue weighted by molar-refractivity contribution is 0.0199. The van der Waals surface area contributed by atoms with Gasteiger partial charge in [-0.1, -0.05) is 18.0 Å². The summed E-state index contributed by atoms with van der Waals surface area (Å²) in [6.07, 6.45) is 3.78.